The van der Waals surface area contributed by atoms with Gasteiger partial charge in [-0.1, -0.05) is 15.9 Å². The summed E-state index contributed by atoms with van der Waals surface area (Å²) < 4.78 is 7.51. The van der Waals surface area contributed by atoms with Gasteiger partial charge < -0.3 is 4.52 Å². The van der Waals surface area contributed by atoms with Crippen LogP contribution in [0, 0.1) is 0 Å². The van der Waals surface area contributed by atoms with E-state index in [0.29, 0.717) is 5.69 Å². The molecule has 1 heterocycles. The highest BCUT2D eigenvalue weighted by Gasteiger charge is 2.08. The lowest BCUT2D eigenvalue weighted by Crippen LogP contribution is -2.25. The van der Waals surface area contributed by atoms with Crippen LogP contribution in [0.25, 0.3) is 5.69 Å². The fourth-order valence-electron chi connectivity index (χ4n) is 1.13. The quantitative estimate of drug-likeness (QED) is 0.774. The van der Waals surface area contributed by atoms with Gasteiger partial charge in [-0.2, -0.15) is 0 Å². The monoisotopic (exact) mass is 270 g/mol. The van der Waals surface area contributed by atoms with Crippen molar-refractivity contribution in [1.29, 1.82) is 0 Å². The maximum Gasteiger partial charge on any atom is 0.442 e. The Bertz CT molecular complexity index is 591. The van der Waals surface area contributed by atoms with Crippen molar-refractivity contribution in [3.8, 4) is 5.69 Å². The molecule has 0 bridgehead atoms. The highest BCUT2D eigenvalue weighted by Crippen LogP contribution is 2.11. The van der Waals surface area contributed by atoms with Crippen molar-refractivity contribution in [2.45, 2.75) is 0 Å². The summed E-state index contributed by atoms with van der Waals surface area (Å²) in [7, 11) is 1.36. The van der Waals surface area contributed by atoms with Crippen LogP contribution in [0.1, 0.15) is 0 Å². The molecule has 0 aliphatic carbocycles. The molecule has 0 atom stereocenters. The molecule has 0 fully saturated rings. The zero-order valence-corrected chi connectivity index (χ0v) is 9.39. The summed E-state index contributed by atoms with van der Waals surface area (Å²) in [5, 5.41) is 0. The van der Waals surface area contributed by atoms with E-state index >= 15 is 0 Å². The third kappa shape index (κ3) is 1.68. The lowest BCUT2D eigenvalue weighted by atomic mass is 10.3. The van der Waals surface area contributed by atoms with Crippen LogP contribution >= 0.6 is 15.9 Å². The van der Waals surface area contributed by atoms with E-state index in [1.54, 1.807) is 24.3 Å². The van der Waals surface area contributed by atoms with Gasteiger partial charge in [-0.15, -0.1) is 4.74 Å². The summed E-state index contributed by atoms with van der Waals surface area (Å²) in [5.41, 5.74) is 0.0169. The molecule has 15 heavy (non-hydrogen) atoms. The average Bonchev–Trinajstić information content (AvgIpc) is 2.47. The Morgan fingerprint density at radius 3 is 2.27 bits per heavy atom. The molecule has 2 rings (SSSR count). The van der Waals surface area contributed by atoms with Gasteiger partial charge in [-0.3, -0.25) is 0 Å². The predicted octanol–water partition coefficient (Wildman–Crippen LogP) is 0.892. The van der Waals surface area contributed by atoms with Crippen molar-refractivity contribution >= 4 is 15.9 Å². The molecule has 2 aromatic rings. The second-order valence-electron chi connectivity index (χ2n) is 2.97. The Balaban J connectivity index is 2.65. The number of aromatic nitrogens is 2. The number of halogens is 1. The fraction of sp³-hybridized carbons (Fsp3) is 0.111. The lowest BCUT2D eigenvalue weighted by molar-refractivity contribution is 0.312. The summed E-state index contributed by atoms with van der Waals surface area (Å²) >= 11 is 3.27. The van der Waals surface area contributed by atoms with Crippen LogP contribution in [0.5, 0.6) is 0 Å². The molecule has 1 aromatic carbocycles. The molecule has 6 heteroatoms. The molecular weight excluding hydrogens is 264 g/mol. The van der Waals surface area contributed by atoms with Gasteiger partial charge in [0, 0.05) is 11.5 Å². The highest BCUT2D eigenvalue weighted by molar-refractivity contribution is 9.10. The summed E-state index contributed by atoms with van der Waals surface area (Å²) in [6, 6.07) is 6.87. The first kappa shape index (κ1) is 9.97. The summed E-state index contributed by atoms with van der Waals surface area (Å²) in [6.45, 7) is 0. The third-order valence-electron chi connectivity index (χ3n) is 1.97. The van der Waals surface area contributed by atoms with Crippen molar-refractivity contribution < 1.29 is 4.52 Å². The third-order valence-corrected chi connectivity index (χ3v) is 2.49. The maximum absolute atomic E-state index is 11.5. The van der Waals surface area contributed by atoms with Crippen LogP contribution in [0.3, 0.4) is 0 Å². The van der Waals surface area contributed by atoms with Crippen LogP contribution in [0.2, 0.25) is 0 Å². The number of hydrogen-bond acceptors (Lipinski definition) is 3. The summed E-state index contributed by atoms with van der Waals surface area (Å²) in [4.78, 5) is 22.6. The summed E-state index contributed by atoms with van der Waals surface area (Å²) in [5.74, 6) is -0.678. The standard InChI is InChI=1S/C9H7BrN2O3/c1-11-8(13)12(15-9(11)14)7-4-2-6(10)3-5-7/h2-5H,1H3. The molecule has 0 saturated carbocycles. The van der Waals surface area contributed by atoms with Gasteiger partial charge in [0.25, 0.3) is 0 Å². The molecule has 78 valence electrons. The SMILES string of the molecule is Cn1c(=O)on(-c2ccc(Br)cc2)c1=O. The molecule has 0 spiro atoms. The van der Waals surface area contributed by atoms with E-state index in [2.05, 4.69) is 15.9 Å². The highest BCUT2D eigenvalue weighted by atomic mass is 79.9. The Morgan fingerprint density at radius 1 is 1.20 bits per heavy atom. The fourth-order valence-corrected chi connectivity index (χ4v) is 1.40. The van der Waals surface area contributed by atoms with Crippen molar-refractivity contribution in [3.63, 3.8) is 0 Å². The Hall–Kier alpha value is -1.56. The van der Waals surface area contributed by atoms with Gasteiger partial charge in [0.05, 0.1) is 5.69 Å². The van der Waals surface area contributed by atoms with Crippen molar-refractivity contribution in [3.05, 3.63) is 49.8 Å². The Morgan fingerprint density at radius 2 is 1.80 bits per heavy atom. The van der Waals surface area contributed by atoms with Gasteiger partial charge in [-0.05, 0) is 24.3 Å². The zero-order valence-electron chi connectivity index (χ0n) is 7.81. The van der Waals surface area contributed by atoms with Crippen LogP contribution in [0.4, 0.5) is 0 Å². The average molecular weight is 271 g/mol. The van der Waals surface area contributed by atoms with Crippen molar-refractivity contribution in [1.82, 2.24) is 9.31 Å². The van der Waals surface area contributed by atoms with Crippen molar-refractivity contribution in [2.24, 2.45) is 7.05 Å². The van der Waals surface area contributed by atoms with E-state index in [1.807, 2.05) is 0 Å². The molecule has 0 unspecified atom stereocenters. The van der Waals surface area contributed by atoms with Gasteiger partial charge in [-0.25, -0.2) is 14.2 Å². The molecule has 0 aliphatic rings. The molecule has 0 aliphatic heterocycles. The minimum Gasteiger partial charge on any atom is -0.312 e. The molecule has 0 N–H and O–H groups in total. The lowest BCUT2D eigenvalue weighted by Gasteiger charge is -1.97. The summed E-state index contributed by atoms with van der Waals surface area (Å²) in [6.07, 6.45) is 0. The maximum atomic E-state index is 11.5. The van der Waals surface area contributed by atoms with Gasteiger partial charge in [0.1, 0.15) is 0 Å². The minimum atomic E-state index is -0.678. The van der Waals surface area contributed by atoms with E-state index in [9.17, 15) is 9.59 Å². The second kappa shape index (κ2) is 3.54. The Labute approximate surface area is 92.6 Å². The normalized spacial score (nSPS) is 10.5. The zero-order chi connectivity index (χ0) is 11.0. The van der Waals surface area contributed by atoms with Crippen LogP contribution in [-0.4, -0.2) is 9.31 Å². The molecule has 0 saturated heterocycles. The number of benzene rings is 1. The van der Waals surface area contributed by atoms with E-state index < -0.39 is 11.4 Å². The van der Waals surface area contributed by atoms with Gasteiger partial charge in [0.15, 0.2) is 0 Å². The van der Waals surface area contributed by atoms with Crippen LogP contribution in [-0.2, 0) is 7.05 Å². The Kier molecular flexibility index (Phi) is 2.36. The first-order valence-electron chi connectivity index (χ1n) is 4.15. The van der Waals surface area contributed by atoms with Crippen LogP contribution < -0.4 is 11.4 Å². The molecule has 5 nitrogen and oxygen atoms in total. The smallest absolute Gasteiger partial charge is 0.312 e. The van der Waals surface area contributed by atoms with Gasteiger partial charge >= 0.3 is 11.4 Å². The van der Waals surface area contributed by atoms with E-state index in [1.165, 1.54) is 7.05 Å². The molecule has 1 aromatic heterocycles. The number of rotatable bonds is 1. The second-order valence-corrected chi connectivity index (χ2v) is 3.89. The van der Waals surface area contributed by atoms with E-state index in [4.69, 9.17) is 4.52 Å². The minimum absolute atomic E-state index is 0.498. The number of nitrogens with zero attached hydrogens (tertiary/aromatic N) is 2. The topological polar surface area (TPSA) is 57.1 Å². The van der Waals surface area contributed by atoms with Crippen LogP contribution in [0.15, 0.2) is 42.9 Å². The first-order valence-corrected chi connectivity index (χ1v) is 4.94. The van der Waals surface area contributed by atoms with Crippen molar-refractivity contribution in [2.75, 3.05) is 0 Å². The molecule has 0 radical (unpaired) electrons. The first-order chi connectivity index (χ1) is 7.09. The molecular formula is C9H7BrN2O3. The molecule has 0 amide bonds. The largest absolute Gasteiger partial charge is 0.442 e. The van der Waals surface area contributed by atoms with Gasteiger partial charge in [0.2, 0.25) is 0 Å². The predicted molar refractivity (Wildman–Crippen MR) is 57.2 cm³/mol. The van der Waals surface area contributed by atoms with E-state index in [0.717, 1.165) is 13.8 Å². The van der Waals surface area contributed by atoms with E-state index in [-0.39, 0.29) is 0 Å². The number of hydrogen-bond donors (Lipinski definition) is 0.